The molecule has 0 radical (unpaired) electrons. The van der Waals surface area contributed by atoms with Crippen LogP contribution in [0.2, 0.25) is 0 Å². The number of hydrogen-bond donors (Lipinski definition) is 3. The molecule has 3 aliphatic rings. The number of anilines is 1. The number of fused-ring (bicyclic) bond motifs is 3. The van der Waals surface area contributed by atoms with Gasteiger partial charge in [0.05, 0.1) is 6.20 Å². The maximum absolute atomic E-state index is 13.5. The Morgan fingerprint density at radius 3 is 2.97 bits per heavy atom. The Labute approximate surface area is 178 Å². The number of carbonyl (C=O) groups excluding carboxylic acids is 1. The minimum absolute atomic E-state index is 0.179. The Balaban J connectivity index is 1.41. The van der Waals surface area contributed by atoms with Gasteiger partial charge in [0.25, 0.3) is 0 Å². The van der Waals surface area contributed by atoms with E-state index in [0.717, 1.165) is 59.8 Å². The van der Waals surface area contributed by atoms with E-state index in [0.29, 0.717) is 5.92 Å². The number of halogens is 2. The first-order chi connectivity index (χ1) is 14.6. The molecule has 3 N–H and O–H groups in total. The van der Waals surface area contributed by atoms with E-state index in [1.165, 1.54) is 11.1 Å². The number of urea groups is 1. The zero-order valence-electron chi connectivity index (χ0n) is 17.0. The highest BCUT2D eigenvalue weighted by atomic mass is 32.2. The second-order valence-electron chi connectivity index (χ2n) is 8.48. The molecule has 1 aromatic heterocycles. The topological polar surface area (TPSA) is 109 Å². The summed E-state index contributed by atoms with van der Waals surface area (Å²) < 4.78 is 56.3. The van der Waals surface area contributed by atoms with Gasteiger partial charge < -0.3 is 10.1 Å². The number of alkyl halides is 2. The molecule has 31 heavy (non-hydrogen) atoms. The van der Waals surface area contributed by atoms with Crippen LogP contribution in [0.25, 0.3) is 0 Å². The molecule has 0 bridgehead atoms. The summed E-state index contributed by atoms with van der Waals surface area (Å²) in [5.74, 6) is -2.98. The van der Waals surface area contributed by atoms with Gasteiger partial charge in [-0.15, -0.1) is 0 Å². The second-order valence-corrected chi connectivity index (χ2v) is 10.2. The van der Waals surface area contributed by atoms with Crippen LogP contribution >= 0.6 is 0 Å². The van der Waals surface area contributed by atoms with Crippen molar-refractivity contribution in [2.24, 2.45) is 0 Å². The Morgan fingerprint density at radius 2 is 2.16 bits per heavy atom. The van der Waals surface area contributed by atoms with Crippen LogP contribution in [-0.2, 0) is 35.7 Å². The quantitative estimate of drug-likeness (QED) is 0.663. The molecule has 1 unspecified atom stereocenters. The molecule has 2 aromatic rings. The zero-order chi connectivity index (χ0) is 22.0. The highest BCUT2D eigenvalue weighted by Gasteiger charge is 2.39. The van der Waals surface area contributed by atoms with Crippen LogP contribution in [0.5, 0.6) is 5.88 Å². The Hall–Kier alpha value is -2.69. The lowest BCUT2D eigenvalue weighted by molar-refractivity contribution is -0.0805. The van der Waals surface area contributed by atoms with E-state index in [1.54, 1.807) is 0 Å². The van der Waals surface area contributed by atoms with E-state index in [-0.39, 0.29) is 10.8 Å². The Bertz CT molecular complexity index is 1190. The number of rotatable bonds is 3. The molecule has 8 nitrogen and oxygen atoms in total. The van der Waals surface area contributed by atoms with Gasteiger partial charge in [-0.05, 0) is 60.3 Å². The number of ether oxygens (including phenoxy) is 1. The van der Waals surface area contributed by atoms with Crippen molar-refractivity contribution in [3.63, 3.8) is 0 Å². The van der Waals surface area contributed by atoms with Crippen molar-refractivity contribution in [2.45, 2.75) is 62.3 Å². The molecule has 2 atom stereocenters. The van der Waals surface area contributed by atoms with Crippen LogP contribution < -0.4 is 14.8 Å². The molecule has 2 aliphatic carbocycles. The molecular formula is C20H23F2N5O3S. The second kappa shape index (κ2) is 6.91. The molecule has 0 spiro atoms. The number of nitrogens with one attached hydrogen (secondary N) is 3. The van der Waals surface area contributed by atoms with Gasteiger partial charge in [-0.3, -0.25) is 0 Å². The van der Waals surface area contributed by atoms with Crippen LogP contribution in [0.1, 0.15) is 47.9 Å². The smallest absolute Gasteiger partial charge is 0.331 e. The third-order valence-electron chi connectivity index (χ3n) is 6.21. The lowest BCUT2D eigenvalue weighted by atomic mass is 9.95. The first kappa shape index (κ1) is 20.2. The van der Waals surface area contributed by atoms with E-state index >= 15 is 0 Å². The van der Waals surface area contributed by atoms with Crippen molar-refractivity contribution in [2.75, 3.05) is 11.9 Å². The van der Waals surface area contributed by atoms with Crippen molar-refractivity contribution >= 4 is 21.6 Å². The van der Waals surface area contributed by atoms with Gasteiger partial charge in [0, 0.05) is 5.69 Å². The van der Waals surface area contributed by atoms with Gasteiger partial charge >= 0.3 is 12.0 Å². The predicted molar refractivity (Wildman–Crippen MR) is 109 cm³/mol. The number of nitrogens with zero attached hydrogens (tertiary/aromatic N) is 2. The Morgan fingerprint density at radius 1 is 1.35 bits per heavy atom. The number of carbonyl (C=O) groups is 1. The standard InChI is InChI=1S/C20H23F2N5O3S/c1-11-5-6-13-7-12-3-2-4-14(12)17(16(11)13)25-19(28)26-31(23,29)15-8-24-27-9-20(21,22)10-30-18(15)27/h7-8,11H,2-6,9-10H2,1H3,(H3,23,25,26,28,29)/t11-,31?/m1/s1. The molecule has 1 aliphatic heterocycles. The fourth-order valence-corrected chi connectivity index (χ4v) is 5.86. The highest BCUT2D eigenvalue weighted by molar-refractivity contribution is 7.91. The summed E-state index contributed by atoms with van der Waals surface area (Å²) in [6.07, 6.45) is 5.84. The zero-order valence-corrected chi connectivity index (χ0v) is 17.8. The van der Waals surface area contributed by atoms with Crippen LogP contribution in [0.15, 0.2) is 17.2 Å². The van der Waals surface area contributed by atoms with Gasteiger partial charge in [0.1, 0.15) is 11.4 Å². The molecule has 166 valence electrons. The summed E-state index contributed by atoms with van der Waals surface area (Å²) in [6, 6.07) is 1.46. The van der Waals surface area contributed by atoms with Gasteiger partial charge in [0.2, 0.25) is 5.88 Å². The van der Waals surface area contributed by atoms with Crippen LogP contribution in [0.4, 0.5) is 19.3 Å². The maximum Gasteiger partial charge on any atom is 0.331 e. The van der Waals surface area contributed by atoms with Crippen molar-refractivity contribution in [1.29, 1.82) is 4.78 Å². The number of hydrogen-bond acceptors (Lipinski definition) is 5. The van der Waals surface area contributed by atoms with Gasteiger partial charge in [0.15, 0.2) is 16.5 Å². The largest absolute Gasteiger partial charge is 0.470 e. The van der Waals surface area contributed by atoms with Gasteiger partial charge in [-0.1, -0.05) is 13.0 Å². The fourth-order valence-electron chi connectivity index (χ4n) is 4.83. The number of amides is 2. The SMILES string of the molecule is C[C@@H]1CCc2cc3c(c(NC(=O)NS(=N)(=O)c4cnn5c4OCC(F)(F)C5)c21)CCC3. The summed E-state index contributed by atoms with van der Waals surface area (Å²) >= 11 is 0. The molecule has 0 saturated heterocycles. The first-order valence-electron chi connectivity index (χ1n) is 10.3. The maximum atomic E-state index is 13.5. The predicted octanol–water partition coefficient (Wildman–Crippen LogP) is 3.59. The van der Waals surface area contributed by atoms with Crippen molar-refractivity contribution in [3.05, 3.63) is 34.5 Å². The third-order valence-corrected chi connectivity index (χ3v) is 7.58. The van der Waals surface area contributed by atoms with Crippen LogP contribution in [0, 0.1) is 4.78 Å². The van der Waals surface area contributed by atoms with E-state index in [4.69, 9.17) is 9.52 Å². The lowest BCUT2D eigenvalue weighted by Crippen LogP contribution is -2.38. The summed E-state index contributed by atoms with van der Waals surface area (Å²) in [6.45, 7) is 0.494. The molecule has 1 aromatic carbocycles. The van der Waals surface area contributed by atoms with E-state index in [2.05, 4.69) is 28.1 Å². The Kier molecular flexibility index (Phi) is 4.51. The van der Waals surface area contributed by atoms with E-state index < -0.39 is 35.0 Å². The van der Waals surface area contributed by atoms with Crippen molar-refractivity contribution in [3.8, 4) is 5.88 Å². The summed E-state index contributed by atoms with van der Waals surface area (Å²) in [4.78, 5) is 12.6. The van der Waals surface area contributed by atoms with Crippen molar-refractivity contribution in [1.82, 2.24) is 14.5 Å². The van der Waals surface area contributed by atoms with Crippen LogP contribution in [-0.4, -0.2) is 32.5 Å². The summed E-state index contributed by atoms with van der Waals surface area (Å²) in [5.41, 5.74) is 5.44. The minimum atomic E-state index is -3.87. The monoisotopic (exact) mass is 451 g/mol. The number of benzene rings is 1. The lowest BCUT2D eigenvalue weighted by Gasteiger charge is -2.24. The molecule has 2 heterocycles. The molecule has 5 rings (SSSR count). The van der Waals surface area contributed by atoms with Gasteiger partial charge in [-0.2, -0.15) is 5.10 Å². The van der Waals surface area contributed by atoms with Gasteiger partial charge in [-0.25, -0.2) is 32.0 Å². The molecular weight excluding hydrogens is 428 g/mol. The summed E-state index contributed by atoms with van der Waals surface area (Å²) in [5, 5.41) is 6.60. The highest BCUT2D eigenvalue weighted by Crippen LogP contribution is 2.44. The molecule has 0 saturated carbocycles. The minimum Gasteiger partial charge on any atom is -0.470 e. The van der Waals surface area contributed by atoms with E-state index in [1.807, 2.05) is 0 Å². The van der Waals surface area contributed by atoms with Crippen molar-refractivity contribution < 1.29 is 22.5 Å². The normalized spacial score (nSPS) is 22.6. The third kappa shape index (κ3) is 3.44. The first-order valence-corrected chi connectivity index (χ1v) is 11.8. The van der Waals surface area contributed by atoms with E-state index in [9.17, 15) is 17.8 Å². The number of aryl methyl sites for hydroxylation is 2. The molecule has 0 fully saturated rings. The fraction of sp³-hybridized carbons (Fsp3) is 0.500. The molecule has 11 heteroatoms. The number of aromatic nitrogens is 2. The average Bonchev–Trinajstić information content (AvgIpc) is 3.38. The van der Waals surface area contributed by atoms with Crippen LogP contribution in [0.3, 0.4) is 0 Å². The average molecular weight is 451 g/mol. The summed E-state index contributed by atoms with van der Waals surface area (Å²) in [7, 11) is -3.87. The molecule has 2 amide bonds.